The number of aromatic nitrogens is 4. The third kappa shape index (κ3) is 3.83. The molecule has 2 aromatic carbocycles. The smallest absolute Gasteiger partial charge is 0.286 e. The molecule has 5 rings (SSSR count). The largest absolute Gasteiger partial charge is 0.494 e. The number of nitrogens with zero attached hydrogens (tertiary/aromatic N) is 3. The summed E-state index contributed by atoms with van der Waals surface area (Å²) < 4.78 is 17.6. The molecule has 0 aliphatic rings. The highest BCUT2D eigenvalue weighted by Crippen LogP contribution is 2.31. The van der Waals surface area contributed by atoms with Gasteiger partial charge in [-0.2, -0.15) is 0 Å². The van der Waals surface area contributed by atoms with E-state index in [0.29, 0.717) is 29.1 Å². The second-order valence-electron chi connectivity index (χ2n) is 7.85. The van der Waals surface area contributed by atoms with Crippen LogP contribution in [0.15, 0.2) is 57.7 Å². The van der Waals surface area contributed by atoms with Gasteiger partial charge in [-0.05, 0) is 24.6 Å². The Kier molecular flexibility index (Phi) is 5.79. The lowest BCUT2D eigenvalue weighted by Gasteiger charge is -2.08. The van der Waals surface area contributed by atoms with Gasteiger partial charge in [0, 0.05) is 24.9 Å². The van der Waals surface area contributed by atoms with Gasteiger partial charge in [0.1, 0.15) is 17.0 Å². The maximum Gasteiger partial charge on any atom is 0.286 e. The van der Waals surface area contributed by atoms with E-state index in [1.807, 2.05) is 37.3 Å². The third-order valence-corrected chi connectivity index (χ3v) is 5.65. The highest BCUT2D eigenvalue weighted by Gasteiger charge is 2.27. The monoisotopic (exact) mass is 473 g/mol. The van der Waals surface area contributed by atoms with Gasteiger partial charge in [-0.15, -0.1) is 0 Å². The average molecular weight is 473 g/mol. The predicted octanol–water partition coefficient (Wildman–Crippen LogP) is 3.19. The molecule has 10 nitrogen and oxygen atoms in total. The Bertz CT molecular complexity index is 1600. The van der Waals surface area contributed by atoms with Crippen LogP contribution in [0, 0.1) is 6.92 Å². The lowest BCUT2D eigenvalue weighted by molar-refractivity contribution is 0.0932. The van der Waals surface area contributed by atoms with Gasteiger partial charge in [-0.25, -0.2) is 14.5 Å². The zero-order valence-electron chi connectivity index (χ0n) is 19.4. The van der Waals surface area contributed by atoms with Crippen molar-refractivity contribution in [3.63, 3.8) is 0 Å². The third-order valence-electron chi connectivity index (χ3n) is 5.65. The lowest BCUT2D eigenvalue weighted by Crippen LogP contribution is -2.31. The topological polar surface area (TPSA) is 124 Å². The summed E-state index contributed by atoms with van der Waals surface area (Å²) in [6.45, 7) is 2.40. The van der Waals surface area contributed by atoms with Gasteiger partial charge in [0.15, 0.2) is 16.7 Å². The quantitative estimate of drug-likeness (QED) is 0.348. The zero-order valence-corrected chi connectivity index (χ0v) is 19.4. The Labute approximate surface area is 199 Å². The van der Waals surface area contributed by atoms with Crippen LogP contribution in [0.2, 0.25) is 0 Å². The van der Waals surface area contributed by atoms with Crippen molar-refractivity contribution in [2.75, 3.05) is 27.4 Å². The number of fused-ring (bicyclic) bond motifs is 2. The first-order valence-corrected chi connectivity index (χ1v) is 10.9. The van der Waals surface area contributed by atoms with Gasteiger partial charge in [0.25, 0.3) is 11.5 Å². The minimum atomic E-state index is -0.538. The van der Waals surface area contributed by atoms with Crippen LogP contribution in [0.1, 0.15) is 16.2 Å². The number of aryl methyl sites for hydroxylation is 1. The Morgan fingerprint density at radius 1 is 1.09 bits per heavy atom. The predicted molar refractivity (Wildman–Crippen MR) is 130 cm³/mol. The summed E-state index contributed by atoms with van der Waals surface area (Å²) in [5.74, 6) is -0.0784. The van der Waals surface area contributed by atoms with Crippen molar-refractivity contribution in [3.05, 3.63) is 70.3 Å². The van der Waals surface area contributed by atoms with E-state index in [4.69, 9.17) is 13.9 Å². The van der Waals surface area contributed by atoms with Gasteiger partial charge in [-0.1, -0.05) is 36.4 Å². The van der Waals surface area contributed by atoms with E-state index >= 15 is 0 Å². The number of hydrogen-bond acceptors (Lipinski definition) is 7. The maximum atomic E-state index is 13.8. The maximum absolute atomic E-state index is 13.8. The van der Waals surface area contributed by atoms with Crippen LogP contribution in [0.3, 0.4) is 0 Å². The van der Waals surface area contributed by atoms with Crippen LogP contribution in [-0.2, 0) is 4.74 Å². The van der Waals surface area contributed by atoms with Crippen molar-refractivity contribution in [2.45, 2.75) is 6.92 Å². The number of ether oxygens (including phenoxy) is 2. The fourth-order valence-electron chi connectivity index (χ4n) is 4.04. The fourth-order valence-corrected chi connectivity index (χ4v) is 4.04. The molecule has 10 heteroatoms. The molecule has 2 N–H and O–H groups in total. The lowest BCUT2D eigenvalue weighted by atomic mass is 10.1. The van der Waals surface area contributed by atoms with Crippen molar-refractivity contribution in [3.8, 4) is 28.3 Å². The van der Waals surface area contributed by atoms with Crippen molar-refractivity contribution >= 4 is 22.7 Å². The first kappa shape index (κ1) is 22.4. The highest BCUT2D eigenvalue weighted by molar-refractivity contribution is 5.99. The second kappa shape index (κ2) is 9.07. The van der Waals surface area contributed by atoms with E-state index in [-0.39, 0.29) is 23.7 Å². The van der Waals surface area contributed by atoms with Crippen LogP contribution in [0.5, 0.6) is 5.75 Å². The molecule has 1 amide bonds. The highest BCUT2D eigenvalue weighted by atomic mass is 16.5. The van der Waals surface area contributed by atoms with E-state index in [0.717, 1.165) is 16.8 Å². The summed E-state index contributed by atoms with van der Waals surface area (Å²) >= 11 is 0. The summed E-state index contributed by atoms with van der Waals surface area (Å²) in [5.41, 5.74) is 2.83. The molecule has 0 aliphatic carbocycles. The molecular weight excluding hydrogens is 450 g/mol. The first-order chi connectivity index (χ1) is 17.0. The summed E-state index contributed by atoms with van der Waals surface area (Å²) in [6.07, 6.45) is 0. The van der Waals surface area contributed by atoms with Crippen LogP contribution >= 0.6 is 0 Å². The van der Waals surface area contributed by atoms with E-state index in [1.54, 1.807) is 18.2 Å². The van der Waals surface area contributed by atoms with E-state index < -0.39 is 11.5 Å². The molecule has 0 saturated heterocycles. The normalized spacial score (nSPS) is 11.3. The van der Waals surface area contributed by atoms with Crippen molar-refractivity contribution in [1.82, 2.24) is 24.9 Å². The molecule has 3 aromatic heterocycles. The molecule has 0 radical (unpaired) electrons. The number of oxazole rings is 1. The fraction of sp³-hybridized carbons (Fsp3) is 0.200. The number of para-hydroxylation sites is 1. The summed E-state index contributed by atoms with van der Waals surface area (Å²) in [6, 6.07) is 14.7. The molecular formula is C25H23N5O5. The summed E-state index contributed by atoms with van der Waals surface area (Å²) in [7, 11) is 3.06. The molecule has 0 aliphatic heterocycles. The minimum absolute atomic E-state index is 0.0261. The molecule has 0 atom stereocenters. The van der Waals surface area contributed by atoms with E-state index in [1.165, 1.54) is 18.7 Å². The SMILES string of the molecule is COCCNC(=O)c1nc2c(-c3ccccc3)c(C)[nH]n2c(=O)c1-c1nc2c(OC)cccc2o1. The van der Waals surface area contributed by atoms with Crippen LogP contribution in [0.4, 0.5) is 0 Å². The second-order valence-corrected chi connectivity index (χ2v) is 7.85. The number of amides is 1. The number of aromatic amines is 1. The van der Waals surface area contributed by atoms with Crippen molar-refractivity contribution < 1.29 is 18.7 Å². The average Bonchev–Trinajstić information content (AvgIpc) is 3.45. The zero-order chi connectivity index (χ0) is 24.5. The van der Waals surface area contributed by atoms with Gasteiger partial charge in [0.05, 0.1) is 13.7 Å². The molecule has 0 spiro atoms. The Morgan fingerprint density at radius 3 is 2.63 bits per heavy atom. The number of benzene rings is 2. The van der Waals surface area contributed by atoms with Crippen molar-refractivity contribution in [2.24, 2.45) is 0 Å². The number of carbonyl (C=O) groups is 1. The minimum Gasteiger partial charge on any atom is -0.494 e. The van der Waals surface area contributed by atoms with Gasteiger partial charge >= 0.3 is 0 Å². The molecule has 178 valence electrons. The van der Waals surface area contributed by atoms with Gasteiger partial charge < -0.3 is 19.2 Å². The Hall–Kier alpha value is -4.44. The number of carbonyl (C=O) groups excluding carboxylic acids is 1. The molecule has 5 aromatic rings. The molecule has 0 bridgehead atoms. The molecule has 3 heterocycles. The molecule has 0 fully saturated rings. The van der Waals surface area contributed by atoms with Crippen LogP contribution < -0.4 is 15.6 Å². The summed E-state index contributed by atoms with van der Waals surface area (Å²) in [4.78, 5) is 36.1. The summed E-state index contributed by atoms with van der Waals surface area (Å²) in [5, 5.41) is 5.82. The van der Waals surface area contributed by atoms with Gasteiger partial charge in [0.2, 0.25) is 5.89 Å². The van der Waals surface area contributed by atoms with Crippen LogP contribution in [0.25, 0.3) is 39.3 Å². The van der Waals surface area contributed by atoms with Crippen LogP contribution in [-0.4, -0.2) is 52.9 Å². The molecule has 0 saturated carbocycles. The Morgan fingerprint density at radius 2 is 1.89 bits per heavy atom. The molecule has 35 heavy (non-hydrogen) atoms. The number of H-pyrrole nitrogens is 1. The number of hydrogen-bond donors (Lipinski definition) is 2. The number of rotatable bonds is 7. The van der Waals surface area contributed by atoms with Gasteiger partial charge in [-0.3, -0.25) is 14.7 Å². The van der Waals surface area contributed by atoms with E-state index in [2.05, 4.69) is 20.4 Å². The standard InChI is InChI=1S/C25H23N5O5/c1-14-18(15-8-5-4-6-9-15)22-27-21(23(31)26-12-13-33-2)19(25(32)30(22)29-14)24-28-20-16(34-3)10-7-11-17(20)35-24/h4-11,29H,12-13H2,1-3H3,(H,26,31). The van der Waals surface area contributed by atoms with Crippen molar-refractivity contribution in [1.29, 1.82) is 0 Å². The number of nitrogens with one attached hydrogen (secondary N) is 2. The molecule has 0 unspecified atom stereocenters. The Balaban J connectivity index is 1.78. The number of methoxy groups -OCH3 is 2. The van der Waals surface area contributed by atoms with E-state index in [9.17, 15) is 9.59 Å². The first-order valence-electron chi connectivity index (χ1n) is 10.9.